The van der Waals surface area contributed by atoms with Crippen molar-refractivity contribution in [2.45, 2.75) is 19.9 Å². The predicted molar refractivity (Wildman–Crippen MR) is 92.4 cm³/mol. The second kappa shape index (κ2) is 9.08. The van der Waals surface area contributed by atoms with E-state index in [1.807, 2.05) is 49.4 Å². The van der Waals surface area contributed by atoms with Crippen molar-refractivity contribution in [2.24, 2.45) is 0 Å². The van der Waals surface area contributed by atoms with E-state index in [-0.39, 0.29) is 12.5 Å². The van der Waals surface area contributed by atoms with Gasteiger partial charge in [-0.2, -0.15) is 0 Å². The number of aryl methyl sites for hydroxylation is 1. The van der Waals surface area contributed by atoms with Gasteiger partial charge in [-0.25, -0.2) is 0 Å². The van der Waals surface area contributed by atoms with Gasteiger partial charge >= 0.3 is 0 Å². The van der Waals surface area contributed by atoms with Crippen LogP contribution in [-0.4, -0.2) is 30.7 Å². The highest BCUT2D eigenvalue weighted by atomic mass is 16.3. The third-order valence-corrected chi connectivity index (χ3v) is 3.89. The smallest absolute Gasteiger partial charge is 0.230 e. The van der Waals surface area contributed by atoms with E-state index in [9.17, 15) is 9.90 Å². The Morgan fingerprint density at radius 3 is 2.43 bits per heavy atom. The first-order valence-corrected chi connectivity index (χ1v) is 8.03. The largest absolute Gasteiger partial charge is 0.391 e. The molecule has 0 aliphatic heterocycles. The summed E-state index contributed by atoms with van der Waals surface area (Å²) in [6, 6.07) is 17.9. The number of aliphatic hydroxyl groups excluding tert-OH is 1. The van der Waals surface area contributed by atoms with Crippen molar-refractivity contribution < 1.29 is 14.8 Å². The van der Waals surface area contributed by atoms with Crippen LogP contribution in [0.4, 0.5) is 5.69 Å². The first-order chi connectivity index (χ1) is 11.2. The van der Waals surface area contributed by atoms with Gasteiger partial charge in [-0.3, -0.25) is 4.79 Å². The molecule has 0 bridgehead atoms. The average molecular weight is 313 g/mol. The highest BCUT2D eigenvalue weighted by molar-refractivity contribution is 5.91. The topological polar surface area (TPSA) is 53.8 Å². The number of nitrogens with one attached hydrogen (secondary N) is 2. The molecule has 4 heteroatoms. The lowest BCUT2D eigenvalue weighted by atomic mass is 10.2. The minimum Gasteiger partial charge on any atom is -0.391 e. The van der Waals surface area contributed by atoms with Crippen molar-refractivity contribution >= 4 is 11.6 Å². The molecular formula is C19H25N2O2+. The van der Waals surface area contributed by atoms with E-state index in [0.717, 1.165) is 17.8 Å². The highest BCUT2D eigenvalue weighted by Gasteiger charge is 2.12. The summed E-state index contributed by atoms with van der Waals surface area (Å²) in [6.07, 6.45) is 0.441. The maximum Gasteiger partial charge on any atom is 0.230 e. The van der Waals surface area contributed by atoms with Crippen LogP contribution in [-0.2, 0) is 11.3 Å². The molecule has 0 aliphatic rings. The molecule has 122 valence electrons. The number of benzene rings is 2. The van der Waals surface area contributed by atoms with Crippen LogP contribution < -0.4 is 10.2 Å². The van der Waals surface area contributed by atoms with Gasteiger partial charge in [-0.1, -0.05) is 48.5 Å². The van der Waals surface area contributed by atoms with Gasteiger partial charge in [0.2, 0.25) is 5.91 Å². The number of carbonyl (C=O) groups is 1. The number of anilines is 1. The highest BCUT2D eigenvalue weighted by Crippen LogP contribution is 2.12. The zero-order chi connectivity index (χ0) is 16.5. The van der Waals surface area contributed by atoms with Crippen LogP contribution >= 0.6 is 0 Å². The van der Waals surface area contributed by atoms with E-state index < -0.39 is 0 Å². The molecule has 1 atom stereocenters. The van der Waals surface area contributed by atoms with Crippen molar-refractivity contribution in [3.8, 4) is 0 Å². The fourth-order valence-electron chi connectivity index (χ4n) is 2.56. The molecule has 0 spiro atoms. The number of aliphatic hydroxyl groups is 1. The van der Waals surface area contributed by atoms with Crippen LogP contribution in [0, 0.1) is 6.92 Å². The zero-order valence-electron chi connectivity index (χ0n) is 13.6. The molecular weight excluding hydrogens is 288 g/mol. The SMILES string of the molecule is Cc1ccccc1NC(=O)CC[NH+](CCO)Cc1ccccc1. The third kappa shape index (κ3) is 5.85. The van der Waals surface area contributed by atoms with E-state index in [1.54, 1.807) is 0 Å². The summed E-state index contributed by atoms with van der Waals surface area (Å²) in [6.45, 7) is 4.27. The molecule has 2 rings (SSSR count). The fourth-order valence-corrected chi connectivity index (χ4v) is 2.56. The van der Waals surface area contributed by atoms with Gasteiger partial charge in [0.1, 0.15) is 13.1 Å². The Balaban J connectivity index is 1.85. The summed E-state index contributed by atoms with van der Waals surface area (Å²) in [7, 11) is 0. The standard InChI is InChI=1S/C19H24N2O2/c1-16-7-5-6-10-18(16)20-19(23)11-12-21(13-14-22)15-17-8-3-2-4-9-17/h2-10,22H,11-15H2,1H3,(H,20,23)/p+1. The van der Waals surface area contributed by atoms with E-state index in [1.165, 1.54) is 10.5 Å². The fraction of sp³-hybridized carbons (Fsp3) is 0.316. The number of rotatable bonds is 8. The summed E-state index contributed by atoms with van der Waals surface area (Å²) < 4.78 is 0. The van der Waals surface area contributed by atoms with Gasteiger partial charge in [0.15, 0.2) is 0 Å². The molecule has 0 radical (unpaired) electrons. The van der Waals surface area contributed by atoms with Crippen LogP contribution in [0.15, 0.2) is 54.6 Å². The minimum absolute atomic E-state index is 0.0165. The van der Waals surface area contributed by atoms with E-state index >= 15 is 0 Å². The summed E-state index contributed by atoms with van der Waals surface area (Å²) in [5, 5.41) is 12.2. The van der Waals surface area contributed by atoms with Gasteiger partial charge in [0.05, 0.1) is 19.6 Å². The van der Waals surface area contributed by atoms with Crippen molar-refractivity contribution in [1.82, 2.24) is 0 Å². The quantitative estimate of drug-likeness (QED) is 0.690. The predicted octanol–water partition coefficient (Wildman–Crippen LogP) is 1.40. The lowest BCUT2D eigenvalue weighted by molar-refractivity contribution is -0.913. The first-order valence-electron chi connectivity index (χ1n) is 8.03. The van der Waals surface area contributed by atoms with Gasteiger partial charge < -0.3 is 15.3 Å². The molecule has 1 unspecified atom stereocenters. The lowest BCUT2D eigenvalue weighted by Gasteiger charge is -2.18. The monoisotopic (exact) mass is 313 g/mol. The molecule has 2 aromatic carbocycles. The van der Waals surface area contributed by atoms with Crippen LogP contribution in [0.2, 0.25) is 0 Å². The Morgan fingerprint density at radius 1 is 1.04 bits per heavy atom. The Kier molecular flexibility index (Phi) is 6.78. The molecule has 4 nitrogen and oxygen atoms in total. The van der Waals surface area contributed by atoms with Gasteiger partial charge in [-0.05, 0) is 18.6 Å². The van der Waals surface area contributed by atoms with Crippen molar-refractivity contribution in [2.75, 3.05) is 25.0 Å². The Morgan fingerprint density at radius 2 is 1.74 bits per heavy atom. The molecule has 1 amide bonds. The zero-order valence-corrected chi connectivity index (χ0v) is 13.6. The van der Waals surface area contributed by atoms with Crippen molar-refractivity contribution in [3.05, 3.63) is 65.7 Å². The molecule has 0 aromatic heterocycles. The van der Waals surface area contributed by atoms with E-state index in [2.05, 4.69) is 17.4 Å². The summed E-state index contributed by atoms with van der Waals surface area (Å²) in [4.78, 5) is 13.3. The summed E-state index contributed by atoms with van der Waals surface area (Å²) in [5.74, 6) is 0.0165. The average Bonchev–Trinajstić information content (AvgIpc) is 2.56. The van der Waals surface area contributed by atoms with Crippen LogP contribution in [0.3, 0.4) is 0 Å². The van der Waals surface area contributed by atoms with Gasteiger partial charge in [-0.15, -0.1) is 0 Å². The van der Waals surface area contributed by atoms with Crippen LogP contribution in [0.25, 0.3) is 0 Å². The Bertz CT molecular complexity index is 614. The molecule has 23 heavy (non-hydrogen) atoms. The van der Waals surface area contributed by atoms with Crippen LogP contribution in [0.1, 0.15) is 17.5 Å². The molecule has 0 saturated carbocycles. The second-order valence-corrected chi connectivity index (χ2v) is 5.75. The molecule has 2 aromatic rings. The normalized spacial score (nSPS) is 11.9. The lowest BCUT2D eigenvalue weighted by Crippen LogP contribution is -3.11. The molecule has 0 saturated heterocycles. The first kappa shape index (κ1) is 17.2. The van der Waals surface area contributed by atoms with Crippen molar-refractivity contribution in [1.29, 1.82) is 0 Å². The number of amides is 1. The number of quaternary nitrogens is 1. The third-order valence-electron chi connectivity index (χ3n) is 3.89. The summed E-state index contributed by atoms with van der Waals surface area (Å²) >= 11 is 0. The van der Waals surface area contributed by atoms with Gasteiger partial charge in [0.25, 0.3) is 0 Å². The van der Waals surface area contributed by atoms with E-state index in [0.29, 0.717) is 19.5 Å². The molecule has 0 heterocycles. The molecule has 0 fully saturated rings. The number of carbonyl (C=O) groups excluding carboxylic acids is 1. The van der Waals surface area contributed by atoms with Crippen molar-refractivity contribution in [3.63, 3.8) is 0 Å². The molecule has 0 aliphatic carbocycles. The Labute approximate surface area is 137 Å². The van der Waals surface area contributed by atoms with E-state index in [4.69, 9.17) is 0 Å². The maximum atomic E-state index is 12.1. The summed E-state index contributed by atoms with van der Waals surface area (Å²) in [5.41, 5.74) is 3.14. The number of para-hydroxylation sites is 1. The molecule has 3 N–H and O–H groups in total. The maximum absolute atomic E-state index is 12.1. The minimum atomic E-state index is 0.0165. The Hall–Kier alpha value is -2.17. The number of hydrogen-bond donors (Lipinski definition) is 3. The number of hydrogen-bond acceptors (Lipinski definition) is 2. The van der Waals surface area contributed by atoms with Gasteiger partial charge in [0, 0.05) is 11.3 Å². The van der Waals surface area contributed by atoms with Crippen LogP contribution in [0.5, 0.6) is 0 Å². The second-order valence-electron chi connectivity index (χ2n) is 5.75.